The van der Waals surface area contributed by atoms with E-state index >= 15 is 0 Å². The zero-order valence-electron chi connectivity index (χ0n) is 17.0. The minimum Gasteiger partial charge on any atom is -0.496 e. The van der Waals surface area contributed by atoms with Crippen molar-refractivity contribution >= 4 is 48.1 Å². The molecule has 4 rings (SSSR count). The number of aromatic amines is 1. The van der Waals surface area contributed by atoms with Crippen molar-refractivity contribution in [2.75, 3.05) is 18.1 Å². The Morgan fingerprint density at radius 2 is 1.69 bits per heavy atom. The molecular formula is C21H18ClN3O5S2. The van der Waals surface area contributed by atoms with Gasteiger partial charge in [-0.2, -0.15) is 5.10 Å². The molecule has 166 valence electrons. The number of nitrogens with one attached hydrogen (secondary N) is 2. The molecule has 0 atom stereocenters. The molecule has 1 heterocycles. The van der Waals surface area contributed by atoms with E-state index in [4.69, 9.17) is 16.3 Å². The van der Waals surface area contributed by atoms with E-state index in [2.05, 4.69) is 14.9 Å². The zero-order valence-corrected chi connectivity index (χ0v) is 19.3. The third-order valence-corrected chi connectivity index (χ3v) is 7.73. The molecule has 0 amide bonds. The van der Waals surface area contributed by atoms with Crippen molar-refractivity contribution in [2.24, 2.45) is 0 Å². The van der Waals surface area contributed by atoms with Crippen molar-refractivity contribution in [1.29, 1.82) is 0 Å². The molecule has 0 saturated carbocycles. The summed E-state index contributed by atoms with van der Waals surface area (Å²) in [4.78, 5) is -0.604. The quantitative estimate of drug-likeness (QED) is 0.419. The van der Waals surface area contributed by atoms with E-state index in [1.54, 1.807) is 36.4 Å². The molecule has 0 aliphatic carbocycles. The van der Waals surface area contributed by atoms with E-state index in [0.717, 1.165) is 6.26 Å². The molecule has 0 aliphatic rings. The van der Waals surface area contributed by atoms with E-state index in [1.807, 2.05) is 0 Å². The average Bonchev–Trinajstić information content (AvgIpc) is 3.16. The van der Waals surface area contributed by atoms with Crippen LogP contribution >= 0.6 is 11.6 Å². The number of nitrogens with zero attached hydrogens (tertiary/aromatic N) is 1. The van der Waals surface area contributed by atoms with E-state index in [9.17, 15) is 16.8 Å². The van der Waals surface area contributed by atoms with Gasteiger partial charge in [0.2, 0.25) is 0 Å². The summed E-state index contributed by atoms with van der Waals surface area (Å²) in [6, 6.07) is 15.4. The fourth-order valence-corrected chi connectivity index (χ4v) is 6.19. The van der Waals surface area contributed by atoms with Crippen LogP contribution in [-0.4, -0.2) is 40.4 Å². The standard InChI is InChI=1S/C21H18ClN3O5S2/c1-30-18-10-7-13(22)11-16(18)21-15-12-14(8-9-17(15)23-24-21)25-32(28,29)20-6-4-3-5-19(20)31(2,26)27/h3-12,25H,1-2H3,(H,23,24). The van der Waals surface area contributed by atoms with Gasteiger partial charge in [-0.3, -0.25) is 9.82 Å². The summed E-state index contributed by atoms with van der Waals surface area (Å²) in [5.74, 6) is 0.552. The fourth-order valence-electron chi connectivity index (χ4n) is 3.34. The molecule has 2 N–H and O–H groups in total. The van der Waals surface area contributed by atoms with E-state index in [1.165, 1.54) is 31.4 Å². The Kier molecular flexibility index (Phi) is 5.61. The van der Waals surface area contributed by atoms with Crippen molar-refractivity contribution in [2.45, 2.75) is 9.79 Å². The number of aromatic nitrogens is 2. The normalized spacial score (nSPS) is 12.1. The number of sulfonamides is 1. The van der Waals surface area contributed by atoms with Crippen molar-refractivity contribution < 1.29 is 21.6 Å². The van der Waals surface area contributed by atoms with Crippen LogP contribution in [0.3, 0.4) is 0 Å². The van der Waals surface area contributed by atoms with Crippen LogP contribution in [0.2, 0.25) is 5.02 Å². The zero-order chi connectivity index (χ0) is 23.1. The Hall–Kier alpha value is -3.08. The van der Waals surface area contributed by atoms with Crippen LogP contribution < -0.4 is 9.46 Å². The Balaban J connectivity index is 1.80. The number of hydrogen-bond acceptors (Lipinski definition) is 6. The van der Waals surface area contributed by atoms with Gasteiger partial charge in [-0.25, -0.2) is 16.8 Å². The summed E-state index contributed by atoms with van der Waals surface area (Å²) in [5.41, 5.74) is 2.07. The molecular weight excluding hydrogens is 474 g/mol. The number of rotatable bonds is 6. The maximum absolute atomic E-state index is 13.0. The molecule has 0 spiro atoms. The topological polar surface area (TPSA) is 118 Å². The number of H-pyrrole nitrogens is 1. The van der Waals surface area contributed by atoms with Crippen LogP contribution in [0.15, 0.2) is 70.5 Å². The predicted molar refractivity (Wildman–Crippen MR) is 123 cm³/mol. The summed E-state index contributed by atoms with van der Waals surface area (Å²) < 4.78 is 58.0. The Morgan fingerprint density at radius 1 is 0.969 bits per heavy atom. The second-order valence-electron chi connectivity index (χ2n) is 7.00. The van der Waals surface area contributed by atoms with Gasteiger partial charge in [-0.1, -0.05) is 23.7 Å². The Bertz CT molecular complexity index is 1550. The van der Waals surface area contributed by atoms with E-state index in [-0.39, 0.29) is 15.5 Å². The highest BCUT2D eigenvalue weighted by Crippen LogP contribution is 2.36. The second kappa shape index (κ2) is 8.12. The van der Waals surface area contributed by atoms with Crippen LogP contribution in [-0.2, 0) is 19.9 Å². The molecule has 0 bridgehead atoms. The second-order valence-corrected chi connectivity index (χ2v) is 11.1. The molecule has 0 fully saturated rings. The molecule has 1 aromatic heterocycles. The summed E-state index contributed by atoms with van der Waals surface area (Å²) in [6.45, 7) is 0. The number of fused-ring (bicyclic) bond motifs is 1. The molecule has 32 heavy (non-hydrogen) atoms. The van der Waals surface area contributed by atoms with Crippen LogP contribution in [0.1, 0.15) is 0 Å². The first-order chi connectivity index (χ1) is 15.1. The largest absolute Gasteiger partial charge is 0.496 e. The predicted octanol–water partition coefficient (Wildman–Crippen LogP) is 4.10. The van der Waals surface area contributed by atoms with Crippen molar-refractivity contribution in [3.05, 3.63) is 65.7 Å². The SMILES string of the molecule is COc1ccc(Cl)cc1-c1n[nH]c2ccc(NS(=O)(=O)c3ccccc3S(C)(=O)=O)cc12. The number of anilines is 1. The Labute approximate surface area is 190 Å². The molecule has 0 aliphatic heterocycles. The number of methoxy groups -OCH3 is 1. The van der Waals surface area contributed by atoms with Crippen LogP contribution in [0.25, 0.3) is 22.2 Å². The van der Waals surface area contributed by atoms with Gasteiger partial charge in [0, 0.05) is 27.9 Å². The lowest BCUT2D eigenvalue weighted by Gasteiger charge is -2.12. The van der Waals surface area contributed by atoms with E-state index < -0.39 is 19.9 Å². The number of benzene rings is 3. The third-order valence-electron chi connectivity index (χ3n) is 4.77. The third kappa shape index (κ3) is 4.16. The summed E-state index contributed by atoms with van der Waals surface area (Å²) in [5, 5.41) is 8.36. The summed E-state index contributed by atoms with van der Waals surface area (Å²) in [7, 11) is -6.40. The maximum atomic E-state index is 13.0. The Morgan fingerprint density at radius 3 is 2.38 bits per heavy atom. The lowest BCUT2D eigenvalue weighted by Crippen LogP contribution is -2.16. The minimum absolute atomic E-state index is 0.240. The number of hydrogen-bond donors (Lipinski definition) is 2. The lowest BCUT2D eigenvalue weighted by atomic mass is 10.1. The first-order valence-corrected chi connectivity index (χ1v) is 13.0. The first kappa shape index (κ1) is 22.1. The van der Waals surface area contributed by atoms with Crippen molar-refractivity contribution in [1.82, 2.24) is 10.2 Å². The van der Waals surface area contributed by atoms with Gasteiger partial charge in [0.15, 0.2) is 9.84 Å². The van der Waals surface area contributed by atoms with Gasteiger partial charge in [0.05, 0.1) is 17.5 Å². The highest BCUT2D eigenvalue weighted by molar-refractivity contribution is 7.95. The number of sulfone groups is 1. The van der Waals surface area contributed by atoms with Crippen molar-refractivity contribution in [3.63, 3.8) is 0 Å². The van der Waals surface area contributed by atoms with Crippen LogP contribution in [0.5, 0.6) is 5.75 Å². The summed E-state index contributed by atoms with van der Waals surface area (Å²) >= 11 is 6.15. The number of ether oxygens (including phenoxy) is 1. The molecule has 3 aromatic carbocycles. The fraction of sp³-hybridized carbons (Fsp3) is 0.0952. The monoisotopic (exact) mass is 491 g/mol. The van der Waals surface area contributed by atoms with Gasteiger partial charge in [-0.05, 0) is 48.5 Å². The molecule has 8 nitrogen and oxygen atoms in total. The van der Waals surface area contributed by atoms with Gasteiger partial charge in [-0.15, -0.1) is 0 Å². The molecule has 11 heteroatoms. The first-order valence-electron chi connectivity index (χ1n) is 9.24. The molecule has 0 unspecified atom stereocenters. The average molecular weight is 492 g/mol. The maximum Gasteiger partial charge on any atom is 0.263 e. The van der Waals surface area contributed by atoms with Crippen LogP contribution in [0.4, 0.5) is 5.69 Å². The van der Waals surface area contributed by atoms with Gasteiger partial charge in [0.25, 0.3) is 10.0 Å². The molecule has 4 aromatic rings. The summed E-state index contributed by atoms with van der Waals surface area (Å²) in [6.07, 6.45) is 0.962. The van der Waals surface area contributed by atoms with E-state index in [0.29, 0.717) is 32.9 Å². The highest BCUT2D eigenvalue weighted by atomic mass is 35.5. The van der Waals surface area contributed by atoms with Crippen molar-refractivity contribution in [3.8, 4) is 17.0 Å². The molecule has 0 saturated heterocycles. The van der Waals surface area contributed by atoms with Gasteiger partial charge >= 0.3 is 0 Å². The van der Waals surface area contributed by atoms with Crippen LogP contribution in [0, 0.1) is 0 Å². The lowest BCUT2D eigenvalue weighted by molar-refractivity contribution is 0.416. The van der Waals surface area contributed by atoms with Gasteiger partial charge < -0.3 is 4.74 Å². The highest BCUT2D eigenvalue weighted by Gasteiger charge is 2.24. The smallest absolute Gasteiger partial charge is 0.263 e. The molecule has 0 radical (unpaired) electrons. The minimum atomic E-state index is -4.18. The van der Waals surface area contributed by atoms with Gasteiger partial charge in [0.1, 0.15) is 16.3 Å². The number of halogens is 1.